The van der Waals surface area contributed by atoms with Crippen LogP contribution in [0, 0.1) is 0 Å². The molecule has 4 unspecified atom stereocenters. The minimum absolute atomic E-state index is 0.00819. The highest BCUT2D eigenvalue weighted by Gasteiger charge is 2.51. The predicted molar refractivity (Wildman–Crippen MR) is 167 cm³/mol. The van der Waals surface area contributed by atoms with Crippen LogP contribution in [0.5, 0.6) is 5.75 Å². The molecule has 0 radical (unpaired) electrons. The molecule has 0 saturated carbocycles. The Hall–Kier alpha value is -3.89. The number of benzene rings is 2. The van der Waals surface area contributed by atoms with Crippen molar-refractivity contribution >= 4 is 35.0 Å². The van der Waals surface area contributed by atoms with Crippen molar-refractivity contribution in [3.63, 3.8) is 0 Å². The number of phenols is 1. The van der Waals surface area contributed by atoms with E-state index in [-0.39, 0.29) is 54.3 Å². The third kappa shape index (κ3) is 6.12. The fourth-order valence-corrected chi connectivity index (χ4v) is 7.29. The van der Waals surface area contributed by atoms with Gasteiger partial charge in [0, 0.05) is 25.9 Å². The van der Waals surface area contributed by atoms with E-state index in [4.69, 9.17) is 0 Å². The molecule has 2 fully saturated rings. The highest BCUT2D eigenvalue weighted by atomic mass is 32.2. The largest absolute Gasteiger partial charge is 0.508 e. The molecule has 3 aliphatic heterocycles. The van der Waals surface area contributed by atoms with E-state index in [1.165, 1.54) is 0 Å². The molecule has 2 saturated heterocycles. The number of hydrazine groups is 1. The van der Waals surface area contributed by atoms with Crippen molar-refractivity contribution in [2.75, 3.05) is 19.6 Å². The Balaban J connectivity index is 1.36. The van der Waals surface area contributed by atoms with Crippen LogP contribution in [-0.4, -0.2) is 91.3 Å². The first-order valence-corrected chi connectivity index (χ1v) is 15.9. The van der Waals surface area contributed by atoms with Gasteiger partial charge in [-0.25, -0.2) is 10.0 Å². The van der Waals surface area contributed by atoms with Crippen LogP contribution < -0.4 is 0 Å². The van der Waals surface area contributed by atoms with Crippen molar-refractivity contribution in [3.8, 4) is 5.75 Å². The Labute approximate surface area is 256 Å². The number of fused-ring (bicyclic) bond motifs is 2. The third-order valence-corrected chi connectivity index (χ3v) is 9.49. The van der Waals surface area contributed by atoms with Gasteiger partial charge in [-0.1, -0.05) is 74.0 Å². The second-order valence-electron chi connectivity index (χ2n) is 11.5. The van der Waals surface area contributed by atoms with Gasteiger partial charge in [0.1, 0.15) is 18.0 Å². The molecule has 10 heteroatoms. The fourth-order valence-electron chi connectivity index (χ4n) is 6.37. The van der Waals surface area contributed by atoms with Crippen LogP contribution in [0.2, 0.25) is 0 Å². The number of aromatic hydroxyl groups is 1. The molecular weight excluding hydrogens is 562 g/mol. The number of allylic oxidation sites excluding steroid dienone is 2. The van der Waals surface area contributed by atoms with E-state index < -0.39 is 12.2 Å². The van der Waals surface area contributed by atoms with Gasteiger partial charge in [-0.05, 0) is 35.3 Å². The Morgan fingerprint density at radius 3 is 2.60 bits per heavy atom. The second kappa shape index (κ2) is 12.8. The lowest BCUT2D eigenvalue weighted by Gasteiger charge is -2.55. The first-order valence-electron chi connectivity index (χ1n) is 15.0. The maximum absolute atomic E-state index is 14.3. The van der Waals surface area contributed by atoms with Crippen LogP contribution in [0.3, 0.4) is 0 Å². The molecule has 1 aliphatic carbocycles. The average Bonchev–Trinajstić information content (AvgIpc) is 3.50. The molecule has 2 aromatic carbocycles. The molecular formula is C33H37N5O4S. The van der Waals surface area contributed by atoms with Crippen LogP contribution in [0.1, 0.15) is 37.3 Å². The molecule has 43 heavy (non-hydrogen) atoms. The van der Waals surface area contributed by atoms with Gasteiger partial charge in [-0.15, -0.1) is 11.8 Å². The number of amides is 3. The van der Waals surface area contributed by atoms with Gasteiger partial charge in [0.15, 0.2) is 0 Å². The van der Waals surface area contributed by atoms with Gasteiger partial charge < -0.3 is 14.9 Å². The maximum atomic E-state index is 14.3. The zero-order valence-corrected chi connectivity index (χ0v) is 25.1. The summed E-state index contributed by atoms with van der Waals surface area (Å²) in [5.41, 5.74) is 4.76. The van der Waals surface area contributed by atoms with E-state index in [9.17, 15) is 19.5 Å². The summed E-state index contributed by atoms with van der Waals surface area (Å²) in [6.07, 6.45) is 7.83. The first kappa shape index (κ1) is 29.2. The Morgan fingerprint density at radius 1 is 1.05 bits per heavy atom. The molecule has 2 aromatic rings. The molecule has 3 heterocycles. The Kier molecular flexibility index (Phi) is 8.67. The number of rotatable bonds is 9. The third-order valence-electron chi connectivity index (χ3n) is 8.52. The number of aliphatic imine (C=N–C) groups is 1. The van der Waals surface area contributed by atoms with Gasteiger partial charge in [0.25, 0.3) is 0 Å². The van der Waals surface area contributed by atoms with Gasteiger partial charge in [-0.3, -0.25) is 19.4 Å². The molecule has 4 aliphatic rings. The number of piperazine rings is 1. The SMILES string of the molecule is CCCCC(=O)N1C2CN(CC3=CC=CC4SC=NC34)C(=O)C(Cc3ccc(O)cc3)N2C(=O)CN1Cc1ccccc1. The van der Waals surface area contributed by atoms with Crippen molar-refractivity contribution in [3.05, 3.63) is 89.5 Å². The van der Waals surface area contributed by atoms with Crippen molar-refractivity contribution in [1.82, 2.24) is 19.8 Å². The summed E-state index contributed by atoms with van der Waals surface area (Å²) in [5.74, 6) is -0.223. The van der Waals surface area contributed by atoms with Gasteiger partial charge in [0.05, 0.1) is 29.9 Å². The lowest BCUT2D eigenvalue weighted by Crippen LogP contribution is -2.76. The summed E-state index contributed by atoms with van der Waals surface area (Å²) in [5, 5.41) is 13.7. The standard InChI is InChI=1S/C33H37N5O4S/c1-2-3-12-30(40)38-29-20-35(19-25-10-7-11-28-32(25)34-22-43-28)33(42)27(17-23-13-15-26(39)16-14-23)37(29)31(41)21-36(38)18-24-8-5-4-6-9-24/h4-11,13-16,22,27-29,32,39H,2-3,12,17-21H2,1H3. The molecule has 4 atom stereocenters. The molecule has 0 spiro atoms. The van der Waals surface area contributed by atoms with Gasteiger partial charge in [-0.2, -0.15) is 0 Å². The van der Waals surface area contributed by atoms with E-state index in [1.54, 1.807) is 45.9 Å². The fraction of sp³-hybridized carbons (Fsp3) is 0.394. The summed E-state index contributed by atoms with van der Waals surface area (Å²) in [4.78, 5) is 50.3. The molecule has 3 amide bonds. The van der Waals surface area contributed by atoms with E-state index >= 15 is 0 Å². The van der Waals surface area contributed by atoms with E-state index in [2.05, 4.69) is 18.0 Å². The monoisotopic (exact) mass is 599 g/mol. The van der Waals surface area contributed by atoms with Crippen LogP contribution in [0.4, 0.5) is 0 Å². The summed E-state index contributed by atoms with van der Waals surface area (Å²) < 4.78 is 0. The van der Waals surface area contributed by atoms with Crippen molar-refractivity contribution < 1.29 is 19.5 Å². The van der Waals surface area contributed by atoms with Crippen LogP contribution in [0.15, 0.2) is 83.4 Å². The van der Waals surface area contributed by atoms with Crippen LogP contribution in [-0.2, 0) is 27.3 Å². The summed E-state index contributed by atoms with van der Waals surface area (Å²) in [7, 11) is 0. The van der Waals surface area contributed by atoms with Gasteiger partial charge >= 0.3 is 0 Å². The minimum Gasteiger partial charge on any atom is -0.508 e. The number of carbonyl (C=O) groups is 3. The minimum atomic E-state index is -0.784. The smallest absolute Gasteiger partial charge is 0.246 e. The number of hydrogen-bond donors (Lipinski definition) is 1. The van der Waals surface area contributed by atoms with E-state index in [0.29, 0.717) is 19.5 Å². The maximum Gasteiger partial charge on any atom is 0.246 e. The number of thioether (sulfide) groups is 1. The highest BCUT2D eigenvalue weighted by molar-refractivity contribution is 8.13. The van der Waals surface area contributed by atoms with Crippen molar-refractivity contribution in [2.45, 2.75) is 62.7 Å². The van der Waals surface area contributed by atoms with Crippen LogP contribution >= 0.6 is 11.8 Å². The molecule has 6 rings (SSSR count). The number of unbranched alkanes of at least 4 members (excludes halogenated alkanes) is 1. The number of hydrogen-bond acceptors (Lipinski definition) is 7. The Bertz CT molecular complexity index is 1440. The molecule has 224 valence electrons. The quantitative estimate of drug-likeness (QED) is 0.472. The van der Waals surface area contributed by atoms with E-state index in [1.807, 2.05) is 57.9 Å². The number of phenolic OH excluding ortho intramolecular Hbond substituents is 1. The van der Waals surface area contributed by atoms with Gasteiger partial charge in [0.2, 0.25) is 17.7 Å². The lowest BCUT2D eigenvalue weighted by atomic mass is 9.95. The lowest BCUT2D eigenvalue weighted by molar-refractivity contribution is -0.208. The number of carbonyl (C=O) groups excluding carboxylic acids is 3. The molecule has 0 bridgehead atoms. The first-order chi connectivity index (χ1) is 20.9. The molecule has 9 nitrogen and oxygen atoms in total. The van der Waals surface area contributed by atoms with Crippen molar-refractivity contribution in [1.29, 1.82) is 0 Å². The normalized spacial score (nSPS) is 25.1. The summed E-state index contributed by atoms with van der Waals surface area (Å²) in [6, 6.07) is 15.8. The zero-order valence-electron chi connectivity index (χ0n) is 24.3. The Morgan fingerprint density at radius 2 is 1.84 bits per heavy atom. The second-order valence-corrected chi connectivity index (χ2v) is 12.5. The summed E-state index contributed by atoms with van der Waals surface area (Å²) in [6.45, 7) is 3.07. The molecule has 1 N–H and O–H groups in total. The summed E-state index contributed by atoms with van der Waals surface area (Å²) >= 11 is 1.67. The zero-order chi connectivity index (χ0) is 29.9. The van der Waals surface area contributed by atoms with E-state index in [0.717, 1.165) is 29.5 Å². The molecule has 0 aromatic heterocycles. The van der Waals surface area contributed by atoms with Crippen molar-refractivity contribution in [2.24, 2.45) is 4.99 Å². The van der Waals surface area contributed by atoms with Crippen LogP contribution in [0.25, 0.3) is 0 Å². The predicted octanol–water partition coefficient (Wildman–Crippen LogP) is 3.76. The number of nitrogens with zero attached hydrogens (tertiary/aromatic N) is 5. The topological polar surface area (TPSA) is 96.8 Å². The highest BCUT2D eigenvalue weighted by Crippen LogP contribution is 2.34. The average molecular weight is 600 g/mol.